The predicted molar refractivity (Wildman–Crippen MR) is 74.6 cm³/mol. The van der Waals surface area contributed by atoms with Crippen molar-refractivity contribution in [1.29, 1.82) is 0 Å². The Bertz CT molecular complexity index is 911. The highest BCUT2D eigenvalue weighted by Gasteiger charge is 2.51. The quantitative estimate of drug-likeness (QED) is 0.679. The number of allylic oxidation sites excluding steroid dienone is 4. The number of aromatic nitrogens is 1. The number of hydrogen-bond donors (Lipinski definition) is 0. The van der Waals surface area contributed by atoms with Crippen LogP contribution >= 0.6 is 0 Å². The predicted octanol–water partition coefficient (Wildman–Crippen LogP) is 2.24. The Morgan fingerprint density at radius 3 is 2.92 bits per heavy atom. The molecule has 6 nitrogen and oxygen atoms in total. The zero-order chi connectivity index (χ0) is 16.6. The van der Waals surface area contributed by atoms with E-state index < -0.39 is 29.3 Å². The molecule has 3 heterocycles. The van der Waals surface area contributed by atoms with Gasteiger partial charge < -0.3 is 9.26 Å². The Kier molecular flexibility index (Phi) is 2.50. The van der Waals surface area contributed by atoms with Gasteiger partial charge in [0.25, 0.3) is 5.78 Å². The van der Waals surface area contributed by atoms with Crippen molar-refractivity contribution in [2.75, 3.05) is 4.90 Å². The third-order valence-electron chi connectivity index (χ3n) is 4.85. The Morgan fingerprint density at radius 1 is 1.25 bits per heavy atom. The number of carbonyl (C=O) groups excluding carboxylic acids is 2. The summed E-state index contributed by atoms with van der Waals surface area (Å²) in [6.45, 7) is 0. The van der Waals surface area contributed by atoms with E-state index >= 15 is 0 Å². The molecule has 0 saturated heterocycles. The van der Waals surface area contributed by atoms with Gasteiger partial charge in [0.2, 0.25) is 11.7 Å². The van der Waals surface area contributed by atoms with Crippen LogP contribution in [0.3, 0.4) is 0 Å². The van der Waals surface area contributed by atoms with Gasteiger partial charge in [-0.15, -0.1) is 0 Å². The monoisotopic (exact) mass is 332 g/mol. The van der Waals surface area contributed by atoms with E-state index in [1.807, 2.05) is 0 Å². The van der Waals surface area contributed by atoms with Crippen LogP contribution < -0.4 is 4.90 Å². The minimum absolute atomic E-state index is 0.0457. The van der Waals surface area contributed by atoms with Crippen molar-refractivity contribution >= 4 is 17.5 Å². The fourth-order valence-corrected chi connectivity index (χ4v) is 3.80. The molecule has 8 heteroatoms. The standard InChI is InChI=1S/C16H10F2N2O4/c17-8-4-6-3-7-5-19-24-16(7)20-9-1-2-10(21)13(22)14(9)23-15(11(8)18)12(6)20/h4-6,12H,1-3H2. The van der Waals surface area contributed by atoms with Crippen molar-refractivity contribution in [3.8, 4) is 0 Å². The molecule has 0 aromatic carbocycles. The van der Waals surface area contributed by atoms with E-state index in [1.54, 1.807) is 4.90 Å². The number of hydrogen-bond acceptors (Lipinski definition) is 6. The molecule has 0 spiro atoms. The summed E-state index contributed by atoms with van der Waals surface area (Å²) in [7, 11) is 0. The van der Waals surface area contributed by atoms with Crippen molar-refractivity contribution < 1.29 is 27.6 Å². The average molecular weight is 332 g/mol. The largest absolute Gasteiger partial charge is 0.450 e. The molecular weight excluding hydrogens is 322 g/mol. The van der Waals surface area contributed by atoms with Crippen molar-refractivity contribution in [1.82, 2.24) is 5.16 Å². The fraction of sp³-hybridized carbons (Fsp3) is 0.312. The Hall–Kier alpha value is -2.77. The van der Waals surface area contributed by atoms with E-state index in [1.165, 1.54) is 12.3 Å². The van der Waals surface area contributed by atoms with E-state index in [4.69, 9.17) is 9.26 Å². The number of ether oxygens (including phenoxy) is 1. The molecule has 0 fully saturated rings. The average Bonchev–Trinajstić information content (AvgIpc) is 3.03. The molecule has 0 amide bonds. The number of carbonyl (C=O) groups is 2. The molecule has 1 aromatic rings. The van der Waals surface area contributed by atoms with Crippen molar-refractivity contribution in [2.45, 2.75) is 25.3 Å². The molecule has 4 aliphatic rings. The lowest BCUT2D eigenvalue weighted by Gasteiger charge is -2.46. The van der Waals surface area contributed by atoms with Crippen LogP contribution in [-0.2, 0) is 20.7 Å². The number of fused-ring (bicyclic) bond motifs is 3. The second-order valence-electron chi connectivity index (χ2n) is 6.16. The molecule has 122 valence electrons. The van der Waals surface area contributed by atoms with E-state index in [0.29, 0.717) is 18.0 Å². The second kappa shape index (κ2) is 4.40. The van der Waals surface area contributed by atoms with Crippen LogP contribution in [0.4, 0.5) is 14.7 Å². The first kappa shape index (κ1) is 13.6. The van der Waals surface area contributed by atoms with Crippen LogP contribution in [0.2, 0.25) is 0 Å². The second-order valence-corrected chi connectivity index (χ2v) is 6.16. The highest BCUT2D eigenvalue weighted by atomic mass is 19.2. The summed E-state index contributed by atoms with van der Waals surface area (Å²) in [6.07, 6.45) is 3.48. The van der Waals surface area contributed by atoms with Crippen molar-refractivity contribution in [3.63, 3.8) is 0 Å². The summed E-state index contributed by atoms with van der Waals surface area (Å²) < 4.78 is 39.0. The molecule has 5 rings (SSSR count). The lowest BCUT2D eigenvalue weighted by atomic mass is 9.81. The Balaban J connectivity index is 1.79. The van der Waals surface area contributed by atoms with Gasteiger partial charge in [-0.25, -0.2) is 4.39 Å². The SMILES string of the molecule is O=C1CCC2=C(OC3=C(F)C(F)=CC4Cc5cnoc5N2C34)C1=O. The molecule has 2 unspecified atom stereocenters. The number of ketones is 2. The third-order valence-corrected chi connectivity index (χ3v) is 4.85. The van der Waals surface area contributed by atoms with Gasteiger partial charge in [0.05, 0.1) is 11.9 Å². The first-order valence-corrected chi connectivity index (χ1v) is 7.55. The van der Waals surface area contributed by atoms with E-state index in [-0.39, 0.29) is 30.3 Å². The highest BCUT2D eigenvalue weighted by molar-refractivity contribution is 6.44. The van der Waals surface area contributed by atoms with Crippen LogP contribution in [0.1, 0.15) is 18.4 Å². The molecule has 24 heavy (non-hydrogen) atoms. The lowest BCUT2D eigenvalue weighted by molar-refractivity contribution is -0.137. The maximum atomic E-state index is 14.3. The summed E-state index contributed by atoms with van der Waals surface area (Å²) in [5.74, 6) is -4.14. The summed E-state index contributed by atoms with van der Waals surface area (Å²) in [4.78, 5) is 25.5. The molecule has 1 aromatic heterocycles. The number of Topliss-reactive ketones (excluding diaryl/α,β-unsaturated/α-hetero) is 2. The van der Waals surface area contributed by atoms with Gasteiger partial charge in [0.1, 0.15) is 6.04 Å². The number of rotatable bonds is 0. The van der Waals surface area contributed by atoms with Gasteiger partial charge in [0.15, 0.2) is 23.2 Å². The van der Waals surface area contributed by atoms with Gasteiger partial charge >= 0.3 is 0 Å². The molecule has 0 radical (unpaired) electrons. The summed E-state index contributed by atoms with van der Waals surface area (Å²) in [5, 5.41) is 3.76. The summed E-state index contributed by atoms with van der Waals surface area (Å²) in [6, 6.07) is -0.648. The van der Waals surface area contributed by atoms with Crippen LogP contribution in [-0.4, -0.2) is 22.8 Å². The van der Waals surface area contributed by atoms with Gasteiger partial charge in [-0.1, -0.05) is 5.16 Å². The Labute approximate surface area is 134 Å². The van der Waals surface area contributed by atoms with Crippen molar-refractivity contribution in [3.05, 3.63) is 46.7 Å². The highest BCUT2D eigenvalue weighted by Crippen LogP contribution is 2.49. The van der Waals surface area contributed by atoms with E-state index in [2.05, 4.69) is 5.16 Å². The first-order valence-electron chi connectivity index (χ1n) is 7.55. The zero-order valence-corrected chi connectivity index (χ0v) is 12.2. The summed E-state index contributed by atoms with van der Waals surface area (Å²) >= 11 is 0. The smallest absolute Gasteiger partial charge is 0.265 e. The van der Waals surface area contributed by atoms with Crippen LogP contribution in [0, 0.1) is 5.92 Å². The maximum absolute atomic E-state index is 14.3. The maximum Gasteiger partial charge on any atom is 0.265 e. The molecule has 2 aliphatic heterocycles. The van der Waals surface area contributed by atoms with Gasteiger partial charge in [-0.2, -0.15) is 4.39 Å². The minimum atomic E-state index is -1.15. The fourth-order valence-electron chi connectivity index (χ4n) is 3.80. The molecular formula is C16H10F2N2O4. The normalized spacial score (nSPS) is 28.2. The van der Waals surface area contributed by atoms with E-state index in [0.717, 1.165) is 5.56 Å². The molecule has 2 aliphatic carbocycles. The number of halogens is 2. The molecule has 0 N–H and O–H groups in total. The van der Waals surface area contributed by atoms with Gasteiger partial charge in [0, 0.05) is 17.9 Å². The Morgan fingerprint density at radius 2 is 2.08 bits per heavy atom. The molecule has 0 bridgehead atoms. The van der Waals surface area contributed by atoms with Crippen LogP contribution in [0.5, 0.6) is 0 Å². The number of nitrogens with zero attached hydrogens (tertiary/aromatic N) is 2. The third kappa shape index (κ3) is 1.55. The van der Waals surface area contributed by atoms with Gasteiger partial charge in [-0.05, 0) is 18.9 Å². The lowest BCUT2D eigenvalue weighted by Crippen LogP contribution is -2.52. The molecule has 2 atom stereocenters. The first-order chi connectivity index (χ1) is 11.6. The zero-order valence-electron chi connectivity index (χ0n) is 12.2. The van der Waals surface area contributed by atoms with Crippen molar-refractivity contribution in [2.24, 2.45) is 5.92 Å². The van der Waals surface area contributed by atoms with Crippen LogP contribution in [0.25, 0.3) is 0 Å². The summed E-state index contributed by atoms with van der Waals surface area (Å²) in [5.41, 5.74) is 1.19. The minimum Gasteiger partial charge on any atom is -0.450 e. The number of anilines is 1. The molecule has 0 saturated carbocycles. The van der Waals surface area contributed by atoms with Gasteiger partial charge in [-0.3, -0.25) is 14.5 Å². The topological polar surface area (TPSA) is 72.6 Å². The van der Waals surface area contributed by atoms with E-state index in [9.17, 15) is 18.4 Å². The van der Waals surface area contributed by atoms with Crippen LogP contribution in [0.15, 0.2) is 45.7 Å².